The third-order valence-corrected chi connectivity index (χ3v) is 13.0. The van der Waals surface area contributed by atoms with Gasteiger partial charge in [0.25, 0.3) is 20.2 Å². The first-order valence-corrected chi connectivity index (χ1v) is 24.6. The molecular formula is C45H47N11O6S3. The topological polar surface area (TPSA) is 227 Å². The van der Waals surface area contributed by atoms with Gasteiger partial charge in [0.05, 0.1) is 22.7 Å². The number of nitrogens with zero attached hydrogens (tertiary/aromatic N) is 9. The van der Waals surface area contributed by atoms with E-state index in [2.05, 4.69) is 68.6 Å². The van der Waals surface area contributed by atoms with Crippen LogP contribution in [0.5, 0.6) is 0 Å². The number of hydrogen-bond donors (Lipinski definition) is 4. The van der Waals surface area contributed by atoms with Crippen molar-refractivity contribution in [1.29, 1.82) is 0 Å². The summed E-state index contributed by atoms with van der Waals surface area (Å²) in [5.41, 5.74) is 4.56. The first-order valence-electron chi connectivity index (χ1n) is 20.8. The van der Waals surface area contributed by atoms with E-state index in [1.165, 1.54) is 36.0 Å². The highest BCUT2D eigenvalue weighted by Gasteiger charge is 2.19. The first kappa shape index (κ1) is 46.4. The summed E-state index contributed by atoms with van der Waals surface area (Å²) >= 11 is 1.42. The second-order valence-electron chi connectivity index (χ2n) is 14.3. The van der Waals surface area contributed by atoms with E-state index in [4.69, 9.17) is 15.0 Å². The lowest BCUT2D eigenvalue weighted by molar-refractivity contribution is 0.482. The van der Waals surface area contributed by atoms with Gasteiger partial charge >= 0.3 is 0 Å². The van der Waals surface area contributed by atoms with Gasteiger partial charge in [-0.2, -0.15) is 31.8 Å². The van der Waals surface area contributed by atoms with E-state index >= 15 is 0 Å². The van der Waals surface area contributed by atoms with Crippen LogP contribution >= 0.6 is 11.8 Å². The molecule has 0 aliphatic rings. The molecule has 0 spiro atoms. The number of thioether (sulfide) groups is 1. The Kier molecular flexibility index (Phi) is 14.3. The molecular weight excluding hydrogens is 887 g/mol. The number of hydrogen-bond acceptors (Lipinski definition) is 16. The number of anilines is 6. The van der Waals surface area contributed by atoms with Crippen LogP contribution in [-0.2, 0) is 20.2 Å². The molecule has 0 aliphatic heterocycles. The van der Waals surface area contributed by atoms with Gasteiger partial charge in [-0.05, 0) is 94.1 Å². The van der Waals surface area contributed by atoms with Crippen LogP contribution in [0.1, 0.15) is 34.6 Å². The summed E-state index contributed by atoms with van der Waals surface area (Å²) in [5, 5.41) is 27.1. The van der Waals surface area contributed by atoms with Crippen LogP contribution in [0.25, 0.3) is 21.5 Å². The lowest BCUT2D eigenvalue weighted by Gasteiger charge is -2.22. The molecule has 6 aromatic carbocycles. The van der Waals surface area contributed by atoms with Crippen molar-refractivity contribution in [3.8, 4) is 0 Å². The molecule has 20 heteroatoms. The van der Waals surface area contributed by atoms with E-state index in [0.717, 1.165) is 37.6 Å². The Labute approximate surface area is 381 Å². The van der Waals surface area contributed by atoms with Gasteiger partial charge < -0.3 is 20.4 Å². The number of benzene rings is 6. The van der Waals surface area contributed by atoms with Gasteiger partial charge in [-0.15, -0.1) is 20.5 Å². The standard InChI is InChI=1S/C45H47N11O6S3/c1-6-55(7-2)29-19-21-37(53-51-35-23-25-41(64(57,58)59)33-17-13-11-15-31(33)35)39(27-29)46-43-48-44(50-45(49-43)63-10-5)47-40-28-30(56(8-3)9-4)20-22-38(40)54-52-36-24-26-42(65(60,61)62)34-18-14-12-16-32(34)36/h11-28H,6-10H2,1-5H3,(H,57,58,59)(H,60,61,62)(H2,46,47,48,49,50). The fourth-order valence-electron chi connectivity index (χ4n) is 7.25. The monoisotopic (exact) mass is 933 g/mol. The lowest BCUT2D eigenvalue weighted by atomic mass is 10.1. The predicted molar refractivity (Wildman–Crippen MR) is 259 cm³/mol. The molecule has 4 N–H and O–H groups in total. The minimum Gasteiger partial charge on any atom is -0.372 e. The molecule has 0 saturated heterocycles. The second kappa shape index (κ2) is 20.1. The van der Waals surface area contributed by atoms with Gasteiger partial charge in [0, 0.05) is 59.1 Å². The average Bonchev–Trinajstić information content (AvgIpc) is 3.28. The molecule has 336 valence electrons. The van der Waals surface area contributed by atoms with Gasteiger partial charge in [-0.3, -0.25) is 9.11 Å². The summed E-state index contributed by atoms with van der Waals surface area (Å²) in [4.78, 5) is 18.2. The minimum absolute atomic E-state index is 0.211. The highest BCUT2D eigenvalue weighted by atomic mass is 32.2. The van der Waals surface area contributed by atoms with Gasteiger partial charge in [-0.25, -0.2) is 0 Å². The van der Waals surface area contributed by atoms with E-state index in [1.54, 1.807) is 48.5 Å². The molecule has 1 aromatic heterocycles. The highest BCUT2D eigenvalue weighted by Crippen LogP contribution is 2.39. The lowest BCUT2D eigenvalue weighted by Crippen LogP contribution is -2.21. The average molecular weight is 934 g/mol. The van der Waals surface area contributed by atoms with E-state index in [0.29, 0.717) is 66.6 Å². The summed E-state index contributed by atoms with van der Waals surface area (Å²) in [6.45, 7) is 13.2. The molecule has 0 unspecified atom stereocenters. The Morgan fingerprint density at radius 2 is 0.877 bits per heavy atom. The van der Waals surface area contributed by atoms with Crippen LogP contribution in [0.4, 0.5) is 57.4 Å². The molecule has 0 amide bonds. The summed E-state index contributed by atoms with van der Waals surface area (Å²) in [7, 11) is -8.98. The van der Waals surface area contributed by atoms with Gasteiger partial charge in [0.15, 0.2) is 5.16 Å². The van der Waals surface area contributed by atoms with E-state index in [9.17, 15) is 25.9 Å². The number of rotatable bonds is 18. The number of azo groups is 2. The summed E-state index contributed by atoms with van der Waals surface area (Å²) < 4.78 is 68.4. The normalized spacial score (nSPS) is 12.1. The maximum Gasteiger partial charge on any atom is 0.295 e. The Hall–Kier alpha value is -6.58. The van der Waals surface area contributed by atoms with Crippen molar-refractivity contribution in [2.24, 2.45) is 20.5 Å². The van der Waals surface area contributed by atoms with Crippen LogP contribution in [-0.4, -0.2) is 72.8 Å². The first-order chi connectivity index (χ1) is 31.2. The highest BCUT2D eigenvalue weighted by molar-refractivity contribution is 7.99. The van der Waals surface area contributed by atoms with Crippen LogP contribution in [0, 0.1) is 0 Å². The number of nitrogens with one attached hydrogen (secondary N) is 2. The summed E-state index contributed by atoms with van der Waals surface area (Å²) in [5.74, 6) is 1.09. The third-order valence-electron chi connectivity index (χ3n) is 10.4. The summed E-state index contributed by atoms with van der Waals surface area (Å²) in [6.07, 6.45) is 0. The van der Waals surface area contributed by atoms with Crippen molar-refractivity contribution in [3.63, 3.8) is 0 Å². The van der Waals surface area contributed by atoms with Gasteiger partial charge in [0.2, 0.25) is 11.9 Å². The molecule has 7 rings (SSSR count). The number of fused-ring (bicyclic) bond motifs is 2. The van der Waals surface area contributed by atoms with Crippen LogP contribution in [0.3, 0.4) is 0 Å². The van der Waals surface area contributed by atoms with Gasteiger partial charge in [-0.1, -0.05) is 67.2 Å². The molecule has 0 bridgehead atoms. The van der Waals surface area contributed by atoms with Crippen molar-refractivity contribution in [1.82, 2.24) is 15.0 Å². The quantitative estimate of drug-likeness (QED) is 0.0357. The van der Waals surface area contributed by atoms with Crippen molar-refractivity contribution >= 4 is 111 Å². The molecule has 17 nitrogen and oxygen atoms in total. The minimum atomic E-state index is -4.49. The molecule has 1 heterocycles. The largest absolute Gasteiger partial charge is 0.372 e. The van der Waals surface area contributed by atoms with Crippen molar-refractivity contribution < 1.29 is 25.9 Å². The van der Waals surface area contributed by atoms with Crippen molar-refractivity contribution in [2.75, 3.05) is 52.4 Å². The smallest absolute Gasteiger partial charge is 0.295 e. The van der Waals surface area contributed by atoms with Crippen LogP contribution < -0.4 is 20.4 Å². The predicted octanol–water partition coefficient (Wildman–Crippen LogP) is 11.8. The van der Waals surface area contributed by atoms with Crippen molar-refractivity contribution in [3.05, 3.63) is 109 Å². The van der Waals surface area contributed by atoms with Crippen LogP contribution in [0.15, 0.2) is 145 Å². The fourth-order valence-corrected chi connectivity index (χ4v) is 9.20. The zero-order valence-electron chi connectivity index (χ0n) is 36.2. The summed E-state index contributed by atoms with van der Waals surface area (Å²) in [6, 6.07) is 30.5. The van der Waals surface area contributed by atoms with E-state index < -0.39 is 20.2 Å². The zero-order valence-corrected chi connectivity index (χ0v) is 38.7. The Morgan fingerprint density at radius 1 is 0.508 bits per heavy atom. The zero-order chi connectivity index (χ0) is 46.3. The van der Waals surface area contributed by atoms with Crippen LogP contribution in [0.2, 0.25) is 0 Å². The van der Waals surface area contributed by atoms with Crippen molar-refractivity contribution in [2.45, 2.75) is 49.6 Å². The molecule has 0 saturated carbocycles. The molecule has 0 fully saturated rings. The maximum atomic E-state index is 12.2. The molecule has 65 heavy (non-hydrogen) atoms. The Balaban J connectivity index is 1.29. The second-order valence-corrected chi connectivity index (χ2v) is 18.3. The van der Waals surface area contributed by atoms with E-state index in [-0.39, 0.29) is 21.7 Å². The Morgan fingerprint density at radius 3 is 1.25 bits per heavy atom. The Bertz CT molecular complexity index is 2960. The molecule has 0 aliphatic carbocycles. The number of aromatic nitrogens is 3. The molecule has 0 atom stereocenters. The SMILES string of the molecule is CCSc1nc(Nc2cc(N(CC)CC)ccc2N=Nc2ccc(S(=O)(=O)O)c3ccccc23)nc(Nc2cc(N(CC)CC)ccc2N=Nc2ccc(S(=O)(=O)O)c3ccccc23)n1. The van der Waals surface area contributed by atoms with Gasteiger partial charge in [0.1, 0.15) is 21.2 Å². The molecule has 0 radical (unpaired) electrons. The fraction of sp³-hybridized carbons (Fsp3) is 0.222. The van der Waals surface area contributed by atoms with E-state index in [1.807, 2.05) is 43.3 Å². The maximum absolute atomic E-state index is 12.2. The third kappa shape index (κ3) is 10.7. The molecule has 7 aromatic rings.